The maximum Gasteiger partial charge on any atom is 0.0754 e. The van der Waals surface area contributed by atoms with Crippen molar-refractivity contribution < 1.29 is 5.11 Å². The summed E-state index contributed by atoms with van der Waals surface area (Å²) in [4.78, 5) is 2.15. The first-order chi connectivity index (χ1) is 5.66. The number of thioether (sulfide) groups is 1. The fourth-order valence-corrected chi connectivity index (χ4v) is 1.81. The molecular formula is C8H20N2OS. The maximum atomic E-state index is 9.32. The summed E-state index contributed by atoms with van der Waals surface area (Å²) in [5.41, 5.74) is 0. The quantitative estimate of drug-likeness (QED) is 0.551. The Bertz CT molecular complexity index is 101. The first-order valence-corrected chi connectivity index (χ1v) is 5.37. The molecule has 0 aromatic carbocycles. The highest BCUT2D eigenvalue weighted by Gasteiger charge is 2.01. The highest BCUT2D eigenvalue weighted by Crippen LogP contribution is 2.02. The van der Waals surface area contributed by atoms with Crippen LogP contribution in [0.5, 0.6) is 0 Å². The van der Waals surface area contributed by atoms with Gasteiger partial charge in [0.25, 0.3) is 0 Å². The van der Waals surface area contributed by atoms with Crippen molar-refractivity contribution in [2.24, 2.45) is 0 Å². The summed E-state index contributed by atoms with van der Waals surface area (Å²) in [7, 11) is 5.98. The molecule has 0 saturated carbocycles. The summed E-state index contributed by atoms with van der Waals surface area (Å²) < 4.78 is 0. The molecule has 0 bridgehead atoms. The van der Waals surface area contributed by atoms with E-state index in [2.05, 4.69) is 24.3 Å². The summed E-state index contributed by atoms with van der Waals surface area (Å²) >= 11 is 1.80. The zero-order valence-electron chi connectivity index (χ0n) is 8.21. The normalized spacial score (nSPS) is 13.8. The summed E-state index contributed by atoms with van der Waals surface area (Å²) in [5, 5.41) is 12.3. The van der Waals surface area contributed by atoms with Crippen LogP contribution in [0.25, 0.3) is 0 Å². The first-order valence-electron chi connectivity index (χ1n) is 4.22. The maximum absolute atomic E-state index is 9.32. The molecule has 0 heterocycles. The minimum absolute atomic E-state index is 0.206. The van der Waals surface area contributed by atoms with Gasteiger partial charge in [0.15, 0.2) is 0 Å². The number of nitrogens with one attached hydrogen (secondary N) is 1. The molecule has 0 aromatic heterocycles. The Labute approximate surface area is 79.5 Å². The number of likely N-dealkylation sites (N-methyl/N-ethyl adjacent to an activating group) is 1. The predicted octanol–water partition coefficient (Wildman–Crippen LogP) is -0.139. The molecule has 0 rings (SSSR count). The Kier molecular flexibility index (Phi) is 8.01. The SMILES string of the molecule is CNCC(O)CSCCN(C)C. The summed E-state index contributed by atoms with van der Waals surface area (Å²) in [5.74, 6) is 1.92. The van der Waals surface area contributed by atoms with E-state index < -0.39 is 0 Å². The predicted molar refractivity (Wildman–Crippen MR) is 55.8 cm³/mol. The van der Waals surface area contributed by atoms with E-state index in [-0.39, 0.29) is 6.10 Å². The van der Waals surface area contributed by atoms with Gasteiger partial charge in [0.2, 0.25) is 0 Å². The molecule has 0 aromatic rings. The molecule has 0 aliphatic heterocycles. The fraction of sp³-hybridized carbons (Fsp3) is 1.00. The molecule has 12 heavy (non-hydrogen) atoms. The van der Waals surface area contributed by atoms with Crippen LogP contribution >= 0.6 is 11.8 Å². The van der Waals surface area contributed by atoms with Gasteiger partial charge >= 0.3 is 0 Å². The Hall–Kier alpha value is 0.230. The number of rotatable bonds is 7. The fourth-order valence-electron chi connectivity index (χ4n) is 0.761. The van der Waals surface area contributed by atoms with Crippen LogP contribution in [-0.4, -0.2) is 61.8 Å². The van der Waals surface area contributed by atoms with Gasteiger partial charge in [-0.3, -0.25) is 0 Å². The Morgan fingerprint density at radius 2 is 2.17 bits per heavy atom. The summed E-state index contributed by atoms with van der Waals surface area (Å²) in [6, 6.07) is 0. The molecule has 1 atom stereocenters. The molecular weight excluding hydrogens is 172 g/mol. The Morgan fingerprint density at radius 3 is 2.67 bits per heavy atom. The van der Waals surface area contributed by atoms with Gasteiger partial charge < -0.3 is 15.3 Å². The van der Waals surface area contributed by atoms with Crippen LogP contribution in [0.15, 0.2) is 0 Å². The van der Waals surface area contributed by atoms with Crippen molar-refractivity contribution in [1.82, 2.24) is 10.2 Å². The summed E-state index contributed by atoms with van der Waals surface area (Å²) in [6.07, 6.45) is -0.206. The zero-order valence-corrected chi connectivity index (χ0v) is 9.02. The average Bonchev–Trinajstić information content (AvgIpc) is 1.98. The minimum atomic E-state index is -0.206. The van der Waals surface area contributed by atoms with Crippen molar-refractivity contribution in [2.45, 2.75) is 6.10 Å². The topological polar surface area (TPSA) is 35.5 Å². The lowest BCUT2D eigenvalue weighted by Gasteiger charge is -2.11. The zero-order chi connectivity index (χ0) is 9.40. The second-order valence-corrected chi connectivity index (χ2v) is 4.24. The number of aliphatic hydroxyl groups excluding tert-OH is 1. The Morgan fingerprint density at radius 1 is 1.50 bits per heavy atom. The lowest BCUT2D eigenvalue weighted by atomic mass is 10.4. The van der Waals surface area contributed by atoms with Crippen LogP contribution in [0.4, 0.5) is 0 Å². The van der Waals surface area contributed by atoms with Crippen molar-refractivity contribution in [3.8, 4) is 0 Å². The first kappa shape index (κ1) is 12.2. The molecule has 3 nitrogen and oxygen atoms in total. The third-order valence-electron chi connectivity index (χ3n) is 1.43. The van der Waals surface area contributed by atoms with Crippen molar-refractivity contribution in [3.63, 3.8) is 0 Å². The molecule has 0 amide bonds. The van der Waals surface area contributed by atoms with Crippen molar-refractivity contribution in [3.05, 3.63) is 0 Å². The number of hydrogen-bond acceptors (Lipinski definition) is 4. The van der Waals surface area contributed by atoms with Gasteiger partial charge in [-0.15, -0.1) is 0 Å². The third-order valence-corrected chi connectivity index (χ3v) is 2.52. The molecule has 0 spiro atoms. The van der Waals surface area contributed by atoms with E-state index in [0.29, 0.717) is 6.54 Å². The largest absolute Gasteiger partial charge is 0.391 e. The number of aliphatic hydroxyl groups is 1. The van der Waals surface area contributed by atoms with Crippen molar-refractivity contribution in [2.75, 3.05) is 45.7 Å². The van der Waals surface area contributed by atoms with Crippen molar-refractivity contribution >= 4 is 11.8 Å². The van der Waals surface area contributed by atoms with Crippen LogP contribution in [0, 0.1) is 0 Å². The van der Waals surface area contributed by atoms with Gasteiger partial charge in [-0.05, 0) is 21.1 Å². The van der Waals surface area contributed by atoms with E-state index in [0.717, 1.165) is 18.1 Å². The monoisotopic (exact) mass is 192 g/mol. The molecule has 1 unspecified atom stereocenters. The van der Waals surface area contributed by atoms with E-state index in [9.17, 15) is 5.11 Å². The number of hydrogen-bond donors (Lipinski definition) is 2. The lowest BCUT2D eigenvalue weighted by molar-refractivity contribution is 0.199. The average molecular weight is 192 g/mol. The molecule has 0 fully saturated rings. The van der Waals surface area contributed by atoms with Gasteiger partial charge in [-0.1, -0.05) is 0 Å². The number of nitrogens with zero attached hydrogens (tertiary/aromatic N) is 1. The van der Waals surface area contributed by atoms with Crippen LogP contribution < -0.4 is 5.32 Å². The van der Waals surface area contributed by atoms with Crippen molar-refractivity contribution in [1.29, 1.82) is 0 Å². The second-order valence-electron chi connectivity index (χ2n) is 3.09. The summed E-state index contributed by atoms with van der Waals surface area (Å²) in [6.45, 7) is 1.77. The molecule has 0 radical (unpaired) electrons. The molecule has 0 aliphatic rings. The van der Waals surface area contributed by atoms with E-state index in [1.54, 1.807) is 11.8 Å². The highest BCUT2D eigenvalue weighted by atomic mass is 32.2. The van der Waals surface area contributed by atoms with Crippen LogP contribution in [0.3, 0.4) is 0 Å². The standard InChI is InChI=1S/C8H20N2OS/c1-9-6-8(11)7-12-5-4-10(2)3/h8-9,11H,4-7H2,1-3H3. The van der Waals surface area contributed by atoms with E-state index in [1.807, 2.05) is 7.05 Å². The van der Waals surface area contributed by atoms with Crippen LogP contribution in [0.2, 0.25) is 0 Å². The molecule has 4 heteroatoms. The van der Waals surface area contributed by atoms with Crippen LogP contribution in [0.1, 0.15) is 0 Å². The minimum Gasteiger partial charge on any atom is -0.391 e. The molecule has 2 N–H and O–H groups in total. The van der Waals surface area contributed by atoms with E-state index in [4.69, 9.17) is 0 Å². The van der Waals surface area contributed by atoms with E-state index >= 15 is 0 Å². The van der Waals surface area contributed by atoms with Crippen LogP contribution in [-0.2, 0) is 0 Å². The highest BCUT2D eigenvalue weighted by molar-refractivity contribution is 7.99. The van der Waals surface area contributed by atoms with Gasteiger partial charge in [-0.25, -0.2) is 0 Å². The van der Waals surface area contributed by atoms with Gasteiger partial charge in [0.05, 0.1) is 6.10 Å². The van der Waals surface area contributed by atoms with Gasteiger partial charge in [0.1, 0.15) is 0 Å². The van der Waals surface area contributed by atoms with Gasteiger partial charge in [-0.2, -0.15) is 11.8 Å². The smallest absolute Gasteiger partial charge is 0.0754 e. The molecule has 0 saturated heterocycles. The second kappa shape index (κ2) is 7.86. The molecule has 74 valence electrons. The third kappa shape index (κ3) is 8.33. The Balaban J connectivity index is 3.08. The van der Waals surface area contributed by atoms with Gasteiger partial charge in [0, 0.05) is 24.6 Å². The molecule has 0 aliphatic carbocycles. The lowest BCUT2D eigenvalue weighted by Crippen LogP contribution is -2.26. The van der Waals surface area contributed by atoms with E-state index in [1.165, 1.54) is 0 Å².